The molecule has 1 unspecified atom stereocenters. The van der Waals surface area contributed by atoms with Gasteiger partial charge in [-0.3, -0.25) is 19.8 Å². The molecule has 5 rings (SSSR count). The fraction of sp³-hybridized carbons (Fsp3) is 0.407. The fourth-order valence-corrected chi connectivity index (χ4v) is 5.00. The van der Waals surface area contributed by atoms with Crippen LogP contribution in [0.2, 0.25) is 0 Å². The second-order valence-corrected chi connectivity index (χ2v) is 10.3. The summed E-state index contributed by atoms with van der Waals surface area (Å²) >= 11 is 0. The molecule has 0 amide bonds. The van der Waals surface area contributed by atoms with Gasteiger partial charge in [-0.05, 0) is 66.4 Å². The maximum atomic E-state index is 13.5. The quantitative estimate of drug-likeness (QED) is 0.267. The molecule has 204 valence electrons. The number of nitro groups is 1. The van der Waals surface area contributed by atoms with Crippen LogP contribution in [0, 0.1) is 10.1 Å². The second kappa shape index (κ2) is 10.4. The number of benzene rings is 2. The summed E-state index contributed by atoms with van der Waals surface area (Å²) in [5, 5.41) is 24.7. The maximum absolute atomic E-state index is 13.5. The Morgan fingerprint density at radius 1 is 1.10 bits per heavy atom. The lowest BCUT2D eigenvalue weighted by Crippen LogP contribution is -2.49. The van der Waals surface area contributed by atoms with E-state index in [0.717, 1.165) is 17.5 Å². The van der Waals surface area contributed by atoms with Gasteiger partial charge in [-0.2, -0.15) is 0 Å². The molecule has 1 N–H and O–H groups in total. The Labute approximate surface area is 225 Å². The Bertz CT molecular complexity index is 1540. The number of tetrazole rings is 1. The number of rotatable bonds is 8. The van der Waals surface area contributed by atoms with Crippen LogP contribution in [0.25, 0.3) is 10.9 Å². The standard InChI is InChI=1S/C27H32N8O4/c1-5-27(2,3)34-25(29-30-31-34)24(22-16-18-6-11-21(39-4)17-23(18)28-26(22)36)33-14-12-32(13-15-33)19-7-9-20(10-8-19)35(37)38/h6-11,16-17,24H,5,12-15H2,1-4H3,(H,28,36). The van der Waals surface area contributed by atoms with Crippen molar-refractivity contribution in [2.45, 2.75) is 38.8 Å². The minimum Gasteiger partial charge on any atom is -0.497 e. The molecule has 2 aromatic carbocycles. The minimum atomic E-state index is -0.472. The lowest BCUT2D eigenvalue weighted by atomic mass is 9.99. The van der Waals surface area contributed by atoms with E-state index in [1.165, 1.54) is 12.1 Å². The van der Waals surface area contributed by atoms with Gasteiger partial charge in [-0.1, -0.05) is 6.92 Å². The first-order chi connectivity index (χ1) is 18.7. The molecule has 12 nitrogen and oxygen atoms in total. The number of piperazine rings is 1. The van der Waals surface area contributed by atoms with E-state index in [1.54, 1.807) is 19.2 Å². The summed E-state index contributed by atoms with van der Waals surface area (Å²) in [5.41, 5.74) is 1.69. The van der Waals surface area contributed by atoms with Gasteiger partial charge in [0.25, 0.3) is 11.2 Å². The minimum absolute atomic E-state index is 0.0657. The van der Waals surface area contributed by atoms with Crippen molar-refractivity contribution in [2.75, 3.05) is 38.2 Å². The zero-order valence-corrected chi connectivity index (χ0v) is 22.5. The number of nitrogens with one attached hydrogen (secondary N) is 1. The van der Waals surface area contributed by atoms with Gasteiger partial charge in [0, 0.05) is 55.6 Å². The normalized spacial score (nSPS) is 15.4. The van der Waals surface area contributed by atoms with Crippen LogP contribution in [0.5, 0.6) is 5.75 Å². The number of H-pyrrole nitrogens is 1. The summed E-state index contributed by atoms with van der Waals surface area (Å²) in [5.74, 6) is 1.28. The van der Waals surface area contributed by atoms with Crippen LogP contribution in [0.15, 0.2) is 53.3 Å². The number of anilines is 1. The van der Waals surface area contributed by atoms with Crippen LogP contribution >= 0.6 is 0 Å². The number of methoxy groups -OCH3 is 1. The number of nitrogens with zero attached hydrogens (tertiary/aromatic N) is 7. The van der Waals surface area contributed by atoms with Crippen molar-refractivity contribution in [1.29, 1.82) is 0 Å². The van der Waals surface area contributed by atoms with Gasteiger partial charge in [0.2, 0.25) is 0 Å². The molecule has 1 aliphatic rings. The fourth-order valence-electron chi connectivity index (χ4n) is 5.00. The average Bonchev–Trinajstić information content (AvgIpc) is 3.44. The van der Waals surface area contributed by atoms with E-state index < -0.39 is 11.0 Å². The van der Waals surface area contributed by atoms with Crippen LogP contribution in [0.4, 0.5) is 11.4 Å². The second-order valence-electron chi connectivity index (χ2n) is 10.3. The van der Waals surface area contributed by atoms with E-state index in [9.17, 15) is 14.9 Å². The lowest BCUT2D eigenvalue weighted by Gasteiger charge is -2.40. The molecule has 0 radical (unpaired) electrons. The Balaban J connectivity index is 1.52. The molecule has 12 heteroatoms. The number of hydrogen-bond acceptors (Lipinski definition) is 9. The number of aromatic amines is 1. The highest BCUT2D eigenvalue weighted by Crippen LogP contribution is 2.32. The lowest BCUT2D eigenvalue weighted by molar-refractivity contribution is -0.384. The van der Waals surface area contributed by atoms with Crippen molar-refractivity contribution in [3.8, 4) is 5.75 Å². The van der Waals surface area contributed by atoms with Crippen molar-refractivity contribution >= 4 is 22.3 Å². The molecule has 1 fully saturated rings. The molecule has 0 aliphatic carbocycles. The van der Waals surface area contributed by atoms with Gasteiger partial charge in [-0.15, -0.1) is 5.10 Å². The van der Waals surface area contributed by atoms with Crippen LogP contribution < -0.4 is 15.2 Å². The summed E-state index contributed by atoms with van der Waals surface area (Å²) in [7, 11) is 1.59. The number of aromatic nitrogens is 5. The van der Waals surface area contributed by atoms with E-state index in [2.05, 4.69) is 51.1 Å². The molecule has 2 aromatic heterocycles. The smallest absolute Gasteiger partial charge is 0.269 e. The van der Waals surface area contributed by atoms with E-state index in [-0.39, 0.29) is 16.8 Å². The van der Waals surface area contributed by atoms with E-state index in [4.69, 9.17) is 4.74 Å². The van der Waals surface area contributed by atoms with Crippen LogP contribution in [-0.2, 0) is 5.54 Å². The van der Waals surface area contributed by atoms with E-state index in [0.29, 0.717) is 48.8 Å². The first kappa shape index (κ1) is 26.3. The van der Waals surface area contributed by atoms with E-state index in [1.807, 2.05) is 28.9 Å². The van der Waals surface area contributed by atoms with Crippen molar-refractivity contribution < 1.29 is 9.66 Å². The molecule has 4 aromatic rings. The number of ether oxygens (including phenoxy) is 1. The molecule has 0 spiro atoms. The van der Waals surface area contributed by atoms with Gasteiger partial charge in [-0.25, -0.2) is 4.68 Å². The maximum Gasteiger partial charge on any atom is 0.269 e. The largest absolute Gasteiger partial charge is 0.497 e. The highest BCUT2D eigenvalue weighted by atomic mass is 16.6. The van der Waals surface area contributed by atoms with E-state index >= 15 is 0 Å². The number of fused-ring (bicyclic) bond motifs is 1. The Hall–Kier alpha value is -4.32. The van der Waals surface area contributed by atoms with Gasteiger partial charge in [0.15, 0.2) is 5.82 Å². The monoisotopic (exact) mass is 532 g/mol. The Kier molecular flexibility index (Phi) is 7.04. The average molecular weight is 533 g/mol. The predicted octanol–water partition coefficient (Wildman–Crippen LogP) is 3.49. The number of nitro benzene ring substituents is 1. The van der Waals surface area contributed by atoms with Crippen LogP contribution in [-0.4, -0.2) is 68.3 Å². The summed E-state index contributed by atoms with van der Waals surface area (Å²) < 4.78 is 7.16. The molecule has 1 atom stereocenters. The SMILES string of the molecule is CCC(C)(C)n1nnnc1C(c1cc2ccc(OC)cc2[nH]c1=O)N1CCN(c2ccc([N+](=O)[O-])cc2)CC1. The highest BCUT2D eigenvalue weighted by molar-refractivity contribution is 5.80. The number of hydrogen-bond donors (Lipinski definition) is 1. The van der Waals surface area contributed by atoms with Crippen molar-refractivity contribution in [2.24, 2.45) is 0 Å². The van der Waals surface area contributed by atoms with Gasteiger partial charge >= 0.3 is 0 Å². The molecule has 0 bridgehead atoms. The third-order valence-electron chi connectivity index (χ3n) is 7.66. The third kappa shape index (κ3) is 5.07. The van der Waals surface area contributed by atoms with Gasteiger partial charge in [0.05, 0.1) is 23.1 Å². The van der Waals surface area contributed by atoms with Crippen molar-refractivity contribution in [1.82, 2.24) is 30.1 Å². The highest BCUT2D eigenvalue weighted by Gasteiger charge is 2.35. The number of pyridine rings is 1. The summed E-state index contributed by atoms with van der Waals surface area (Å²) in [6, 6.07) is 13.6. The Morgan fingerprint density at radius 2 is 1.82 bits per heavy atom. The zero-order valence-electron chi connectivity index (χ0n) is 22.5. The van der Waals surface area contributed by atoms with Gasteiger partial charge in [0.1, 0.15) is 11.8 Å². The first-order valence-electron chi connectivity index (χ1n) is 12.9. The van der Waals surface area contributed by atoms with Gasteiger partial charge < -0.3 is 14.6 Å². The van der Waals surface area contributed by atoms with Crippen LogP contribution in [0.1, 0.15) is 44.6 Å². The topological polar surface area (TPSA) is 135 Å². The Morgan fingerprint density at radius 3 is 2.46 bits per heavy atom. The first-order valence-corrected chi connectivity index (χ1v) is 12.9. The molecule has 39 heavy (non-hydrogen) atoms. The third-order valence-corrected chi connectivity index (χ3v) is 7.66. The molecular formula is C27H32N8O4. The zero-order chi connectivity index (χ0) is 27.7. The summed E-state index contributed by atoms with van der Waals surface area (Å²) in [4.78, 5) is 31.6. The predicted molar refractivity (Wildman–Crippen MR) is 147 cm³/mol. The molecule has 3 heterocycles. The molecular weight excluding hydrogens is 500 g/mol. The number of non-ortho nitro benzene ring substituents is 1. The molecule has 1 aliphatic heterocycles. The molecule has 0 saturated carbocycles. The summed E-state index contributed by atoms with van der Waals surface area (Å²) in [6.45, 7) is 8.87. The van der Waals surface area contributed by atoms with Crippen LogP contribution in [0.3, 0.4) is 0 Å². The summed E-state index contributed by atoms with van der Waals surface area (Å²) in [6.07, 6.45) is 0.805. The van der Waals surface area contributed by atoms with Crippen molar-refractivity contribution in [3.63, 3.8) is 0 Å². The van der Waals surface area contributed by atoms with Crippen molar-refractivity contribution in [3.05, 3.63) is 80.4 Å². The molecule has 1 saturated heterocycles.